The maximum absolute atomic E-state index is 12.3. The number of carboxylic acids is 1. The first-order chi connectivity index (χ1) is 10.0. The van der Waals surface area contributed by atoms with Crippen LogP contribution >= 0.6 is 12.4 Å². The van der Waals surface area contributed by atoms with Crippen LogP contribution in [0.5, 0.6) is 0 Å². The maximum Gasteiger partial charge on any atom is 0.336 e. The molecule has 0 radical (unpaired) electrons. The number of hydrogen-bond donors (Lipinski definition) is 2. The normalized spacial score (nSPS) is 17.0. The Morgan fingerprint density at radius 2 is 1.86 bits per heavy atom. The SMILES string of the molecule is C[N+]1(c2cc3c(C(=O)O)cccc3c(=O)[nH]2)CCCCC1.Cl. The summed E-state index contributed by atoms with van der Waals surface area (Å²) in [5, 5.41) is 10.3. The molecule has 1 aromatic carbocycles. The van der Waals surface area contributed by atoms with Gasteiger partial charge in [0.2, 0.25) is 5.82 Å². The number of aromatic carboxylic acids is 1. The van der Waals surface area contributed by atoms with Gasteiger partial charge >= 0.3 is 5.97 Å². The minimum absolute atomic E-state index is 0. The molecule has 3 rings (SSSR count). The number of nitrogens with zero attached hydrogens (tertiary/aromatic N) is 1. The number of piperidine rings is 1. The van der Waals surface area contributed by atoms with E-state index in [1.165, 1.54) is 6.42 Å². The van der Waals surface area contributed by atoms with E-state index in [-0.39, 0.29) is 23.5 Å². The number of aromatic amines is 1. The highest BCUT2D eigenvalue weighted by Crippen LogP contribution is 2.27. The molecule has 118 valence electrons. The van der Waals surface area contributed by atoms with E-state index < -0.39 is 5.97 Å². The first kappa shape index (κ1) is 16.5. The number of quaternary nitrogens is 1. The van der Waals surface area contributed by atoms with Crippen molar-refractivity contribution in [3.8, 4) is 0 Å². The molecule has 1 aliphatic rings. The molecule has 0 saturated carbocycles. The van der Waals surface area contributed by atoms with Crippen molar-refractivity contribution in [1.29, 1.82) is 0 Å². The average Bonchev–Trinajstić information content (AvgIpc) is 2.47. The van der Waals surface area contributed by atoms with Gasteiger partial charge in [-0.3, -0.25) is 14.3 Å². The Labute approximate surface area is 134 Å². The average molecular weight is 324 g/mol. The molecule has 1 aromatic heterocycles. The number of H-pyrrole nitrogens is 1. The highest BCUT2D eigenvalue weighted by Gasteiger charge is 2.29. The number of hydrogen-bond acceptors (Lipinski definition) is 2. The Morgan fingerprint density at radius 1 is 1.18 bits per heavy atom. The predicted molar refractivity (Wildman–Crippen MR) is 90.1 cm³/mol. The number of aromatic nitrogens is 1. The van der Waals surface area contributed by atoms with Crippen LogP contribution in [0, 0.1) is 0 Å². The largest absolute Gasteiger partial charge is 0.478 e. The Kier molecular flexibility index (Phi) is 4.58. The lowest BCUT2D eigenvalue weighted by Gasteiger charge is -2.36. The van der Waals surface area contributed by atoms with E-state index in [0.717, 1.165) is 31.7 Å². The molecule has 22 heavy (non-hydrogen) atoms. The molecule has 2 aromatic rings. The number of pyridine rings is 1. The van der Waals surface area contributed by atoms with Crippen molar-refractivity contribution in [3.63, 3.8) is 0 Å². The fourth-order valence-corrected chi connectivity index (χ4v) is 3.20. The lowest BCUT2D eigenvalue weighted by molar-refractivity contribution is 0.0699. The van der Waals surface area contributed by atoms with Crippen LogP contribution in [-0.2, 0) is 0 Å². The summed E-state index contributed by atoms with van der Waals surface area (Å²) in [7, 11) is 2.10. The van der Waals surface area contributed by atoms with Crippen molar-refractivity contribution in [2.24, 2.45) is 0 Å². The van der Waals surface area contributed by atoms with Crippen molar-refractivity contribution in [2.75, 3.05) is 20.1 Å². The van der Waals surface area contributed by atoms with E-state index >= 15 is 0 Å². The topological polar surface area (TPSA) is 70.2 Å². The van der Waals surface area contributed by atoms with E-state index in [2.05, 4.69) is 12.0 Å². The molecule has 2 heterocycles. The van der Waals surface area contributed by atoms with Gasteiger partial charge in [-0.05, 0) is 31.4 Å². The summed E-state index contributed by atoms with van der Waals surface area (Å²) >= 11 is 0. The summed E-state index contributed by atoms with van der Waals surface area (Å²) in [5.74, 6) is -0.195. The molecular weight excluding hydrogens is 304 g/mol. The van der Waals surface area contributed by atoms with Gasteiger partial charge in [0.1, 0.15) is 0 Å². The number of rotatable bonds is 2. The van der Waals surface area contributed by atoms with Gasteiger partial charge in [-0.25, -0.2) is 4.79 Å². The Balaban J connectivity index is 0.00000176. The lowest BCUT2D eigenvalue weighted by atomic mass is 10.0. The van der Waals surface area contributed by atoms with Crippen molar-refractivity contribution in [3.05, 3.63) is 40.2 Å². The van der Waals surface area contributed by atoms with Crippen molar-refractivity contribution >= 4 is 35.0 Å². The van der Waals surface area contributed by atoms with Gasteiger partial charge in [-0.2, -0.15) is 0 Å². The second kappa shape index (κ2) is 6.10. The molecule has 0 amide bonds. The summed E-state index contributed by atoms with van der Waals surface area (Å²) in [6, 6.07) is 6.66. The zero-order valence-electron chi connectivity index (χ0n) is 12.5. The number of fused-ring (bicyclic) bond motifs is 1. The maximum atomic E-state index is 12.3. The molecule has 1 fully saturated rings. The Hall–Kier alpha value is -1.85. The summed E-state index contributed by atoms with van der Waals surface area (Å²) in [5.41, 5.74) is -0.0287. The van der Waals surface area contributed by atoms with E-state index in [1.54, 1.807) is 18.2 Å². The number of benzene rings is 1. The van der Waals surface area contributed by atoms with Crippen molar-refractivity contribution in [1.82, 2.24) is 9.47 Å². The summed E-state index contributed by atoms with van der Waals surface area (Å²) in [6.07, 6.45) is 3.46. The fourth-order valence-electron chi connectivity index (χ4n) is 3.20. The van der Waals surface area contributed by atoms with Crippen LogP contribution in [0.1, 0.15) is 29.6 Å². The second-order valence-electron chi connectivity index (χ2n) is 5.96. The summed E-state index contributed by atoms with van der Waals surface area (Å²) < 4.78 is 0.666. The zero-order valence-corrected chi connectivity index (χ0v) is 13.3. The summed E-state index contributed by atoms with van der Waals surface area (Å²) in [4.78, 5) is 26.6. The predicted octanol–water partition coefficient (Wildman–Crippen LogP) is 2.77. The Bertz CT molecular complexity index is 764. The minimum Gasteiger partial charge on any atom is -0.478 e. The van der Waals surface area contributed by atoms with Crippen LogP contribution in [0.4, 0.5) is 5.82 Å². The van der Waals surface area contributed by atoms with E-state index in [4.69, 9.17) is 0 Å². The monoisotopic (exact) mass is 323 g/mol. The van der Waals surface area contributed by atoms with Crippen LogP contribution in [-0.4, -0.2) is 36.2 Å². The summed E-state index contributed by atoms with van der Waals surface area (Å²) in [6.45, 7) is 1.94. The highest BCUT2D eigenvalue weighted by atomic mass is 35.5. The number of nitrogens with one attached hydrogen (secondary N) is 1. The molecule has 6 heteroatoms. The number of likely N-dealkylation sites (tertiary alicyclic amines) is 1. The standard InChI is InChI=1S/C16H18N2O3.ClH/c1-18(8-3-2-4-9-18)14-10-13-11(15(19)17-14)6-5-7-12(13)16(20)21;/h5-7,10H,2-4,8-9H2,1H3,(H-,17,19,20,21);1H/p+1. The van der Waals surface area contributed by atoms with E-state index in [9.17, 15) is 14.7 Å². The molecule has 0 spiro atoms. The van der Waals surface area contributed by atoms with Crippen LogP contribution < -0.4 is 10.0 Å². The van der Waals surface area contributed by atoms with Crippen LogP contribution in [0.3, 0.4) is 0 Å². The fraction of sp³-hybridized carbons (Fsp3) is 0.375. The van der Waals surface area contributed by atoms with Crippen molar-refractivity contribution < 1.29 is 9.90 Å². The molecular formula is C16H20ClN2O3+. The van der Waals surface area contributed by atoms with Gasteiger partial charge in [0.15, 0.2) is 0 Å². The third-order valence-corrected chi connectivity index (χ3v) is 4.49. The number of carbonyl (C=O) groups is 1. The van der Waals surface area contributed by atoms with Crippen LogP contribution in [0.2, 0.25) is 0 Å². The Morgan fingerprint density at radius 3 is 2.50 bits per heavy atom. The molecule has 0 unspecified atom stereocenters. The molecule has 5 nitrogen and oxygen atoms in total. The molecule has 1 aliphatic heterocycles. The van der Waals surface area contributed by atoms with Gasteiger partial charge < -0.3 is 5.11 Å². The number of carboxylic acid groups (broad SMARTS) is 1. The van der Waals surface area contributed by atoms with Gasteiger partial charge in [-0.15, -0.1) is 12.4 Å². The van der Waals surface area contributed by atoms with Crippen LogP contribution in [0.25, 0.3) is 10.8 Å². The van der Waals surface area contributed by atoms with Gasteiger partial charge in [-0.1, -0.05) is 6.07 Å². The first-order valence-electron chi connectivity index (χ1n) is 7.26. The third-order valence-electron chi connectivity index (χ3n) is 4.49. The van der Waals surface area contributed by atoms with Gasteiger partial charge in [0.05, 0.1) is 25.7 Å². The number of halogens is 1. The van der Waals surface area contributed by atoms with Crippen LogP contribution in [0.15, 0.2) is 29.1 Å². The molecule has 0 bridgehead atoms. The molecule has 0 aliphatic carbocycles. The lowest BCUT2D eigenvalue weighted by Crippen LogP contribution is -2.50. The highest BCUT2D eigenvalue weighted by molar-refractivity contribution is 6.03. The quantitative estimate of drug-likeness (QED) is 0.835. The molecule has 0 atom stereocenters. The minimum atomic E-state index is -1.00. The smallest absolute Gasteiger partial charge is 0.336 e. The first-order valence-corrected chi connectivity index (χ1v) is 7.26. The van der Waals surface area contributed by atoms with Gasteiger partial charge in [0, 0.05) is 16.8 Å². The molecule has 1 saturated heterocycles. The second-order valence-corrected chi connectivity index (χ2v) is 5.96. The third kappa shape index (κ3) is 2.74. The van der Waals surface area contributed by atoms with E-state index in [0.29, 0.717) is 15.3 Å². The van der Waals surface area contributed by atoms with E-state index in [1.807, 2.05) is 6.07 Å². The molecule has 2 N–H and O–H groups in total. The zero-order chi connectivity index (χ0) is 15.0. The van der Waals surface area contributed by atoms with Crippen molar-refractivity contribution in [2.45, 2.75) is 19.3 Å². The van der Waals surface area contributed by atoms with Gasteiger partial charge in [0.25, 0.3) is 5.56 Å².